The number of halogens is 2. The monoisotopic (exact) mass is 262 g/mol. The van der Waals surface area contributed by atoms with Gasteiger partial charge in [-0.2, -0.15) is 0 Å². The van der Waals surface area contributed by atoms with Gasteiger partial charge in [0, 0.05) is 12.0 Å². The van der Waals surface area contributed by atoms with Crippen LogP contribution in [0.2, 0.25) is 0 Å². The fourth-order valence-corrected chi connectivity index (χ4v) is 2.52. The van der Waals surface area contributed by atoms with Crippen LogP contribution in [0.15, 0.2) is 40.9 Å². The standard InChI is InChI=1S/C13H8BrF/c14-12-6-5-10-9-4-2-1-3-8(9)7-11(10)13(12)15/h1-6H,7H2. The first-order valence-electron chi connectivity index (χ1n) is 4.82. The van der Waals surface area contributed by atoms with Crippen molar-refractivity contribution >= 4 is 15.9 Å². The summed E-state index contributed by atoms with van der Waals surface area (Å²) in [7, 11) is 0. The van der Waals surface area contributed by atoms with E-state index in [1.165, 1.54) is 11.1 Å². The summed E-state index contributed by atoms with van der Waals surface area (Å²) < 4.78 is 14.4. The molecule has 3 rings (SSSR count). The van der Waals surface area contributed by atoms with Crippen LogP contribution in [0.5, 0.6) is 0 Å². The molecule has 15 heavy (non-hydrogen) atoms. The Balaban J connectivity index is 2.31. The predicted octanol–water partition coefficient (Wildman–Crippen LogP) is 4.16. The fraction of sp³-hybridized carbons (Fsp3) is 0.0769. The van der Waals surface area contributed by atoms with E-state index in [2.05, 4.69) is 28.1 Å². The highest BCUT2D eigenvalue weighted by molar-refractivity contribution is 9.10. The molecule has 0 radical (unpaired) electrons. The van der Waals surface area contributed by atoms with Crippen molar-refractivity contribution < 1.29 is 4.39 Å². The Hall–Kier alpha value is -1.15. The van der Waals surface area contributed by atoms with Crippen molar-refractivity contribution in [2.45, 2.75) is 6.42 Å². The maximum absolute atomic E-state index is 13.8. The molecule has 2 aromatic rings. The zero-order chi connectivity index (χ0) is 10.4. The van der Waals surface area contributed by atoms with E-state index in [4.69, 9.17) is 0 Å². The molecule has 0 unspecified atom stereocenters. The lowest BCUT2D eigenvalue weighted by Crippen LogP contribution is -1.88. The van der Waals surface area contributed by atoms with Crippen LogP contribution < -0.4 is 0 Å². The molecule has 0 atom stereocenters. The third-order valence-corrected chi connectivity index (χ3v) is 3.48. The molecule has 2 heteroatoms. The Morgan fingerprint density at radius 1 is 1.00 bits per heavy atom. The normalized spacial score (nSPS) is 12.4. The Labute approximate surface area is 95.9 Å². The Bertz CT molecular complexity index is 546. The largest absolute Gasteiger partial charge is 0.205 e. The second-order valence-electron chi connectivity index (χ2n) is 3.72. The quantitative estimate of drug-likeness (QED) is 0.571. The Kier molecular flexibility index (Phi) is 1.93. The van der Waals surface area contributed by atoms with Crippen LogP contribution in [0.25, 0.3) is 11.1 Å². The molecule has 0 N–H and O–H groups in total. The summed E-state index contributed by atoms with van der Waals surface area (Å²) in [4.78, 5) is 0. The first kappa shape index (κ1) is 9.10. The summed E-state index contributed by atoms with van der Waals surface area (Å²) in [6, 6.07) is 11.9. The summed E-state index contributed by atoms with van der Waals surface area (Å²) in [5.41, 5.74) is 4.22. The zero-order valence-corrected chi connectivity index (χ0v) is 9.51. The van der Waals surface area contributed by atoms with Crippen LogP contribution in [-0.4, -0.2) is 0 Å². The molecule has 0 saturated carbocycles. The summed E-state index contributed by atoms with van der Waals surface area (Å²) in [5.74, 6) is -0.122. The molecule has 2 aromatic carbocycles. The fourth-order valence-electron chi connectivity index (χ4n) is 2.15. The van der Waals surface area contributed by atoms with Crippen molar-refractivity contribution in [3.05, 3.63) is 57.8 Å². The molecule has 0 bridgehead atoms. The van der Waals surface area contributed by atoms with Gasteiger partial charge in [-0.1, -0.05) is 30.3 Å². The lowest BCUT2D eigenvalue weighted by atomic mass is 10.1. The van der Waals surface area contributed by atoms with Crippen LogP contribution in [0.1, 0.15) is 11.1 Å². The lowest BCUT2D eigenvalue weighted by molar-refractivity contribution is 0.609. The van der Waals surface area contributed by atoms with Gasteiger partial charge < -0.3 is 0 Å². The van der Waals surface area contributed by atoms with E-state index in [1.54, 1.807) is 6.07 Å². The Morgan fingerprint density at radius 2 is 1.80 bits per heavy atom. The predicted molar refractivity (Wildman–Crippen MR) is 62.3 cm³/mol. The molecule has 0 spiro atoms. The van der Waals surface area contributed by atoms with Crippen molar-refractivity contribution in [3.8, 4) is 11.1 Å². The average Bonchev–Trinajstić information content (AvgIpc) is 2.63. The van der Waals surface area contributed by atoms with E-state index in [0.717, 1.165) is 11.1 Å². The van der Waals surface area contributed by atoms with Gasteiger partial charge in [-0.05, 0) is 38.7 Å². The van der Waals surface area contributed by atoms with E-state index < -0.39 is 0 Å². The SMILES string of the molecule is Fc1c(Br)ccc2c1Cc1ccccc1-2. The van der Waals surface area contributed by atoms with E-state index in [9.17, 15) is 4.39 Å². The first-order valence-corrected chi connectivity index (χ1v) is 5.62. The second kappa shape index (κ2) is 3.17. The molecular weight excluding hydrogens is 255 g/mol. The smallest absolute Gasteiger partial charge is 0.141 e. The van der Waals surface area contributed by atoms with Crippen LogP contribution in [0.4, 0.5) is 4.39 Å². The number of hydrogen-bond acceptors (Lipinski definition) is 0. The molecule has 0 heterocycles. The van der Waals surface area contributed by atoms with Gasteiger partial charge in [0.25, 0.3) is 0 Å². The van der Waals surface area contributed by atoms with E-state index in [-0.39, 0.29) is 5.82 Å². The second-order valence-corrected chi connectivity index (χ2v) is 4.58. The molecule has 74 valence electrons. The molecule has 0 aromatic heterocycles. The molecule has 0 aliphatic heterocycles. The number of fused-ring (bicyclic) bond motifs is 3. The highest BCUT2D eigenvalue weighted by Gasteiger charge is 2.21. The lowest BCUT2D eigenvalue weighted by Gasteiger charge is -2.02. The van der Waals surface area contributed by atoms with Crippen LogP contribution in [-0.2, 0) is 6.42 Å². The van der Waals surface area contributed by atoms with Crippen molar-refractivity contribution in [2.24, 2.45) is 0 Å². The molecular formula is C13H8BrF. The third kappa shape index (κ3) is 1.25. The number of hydrogen-bond donors (Lipinski definition) is 0. The molecule has 0 fully saturated rings. The first-order chi connectivity index (χ1) is 7.27. The molecule has 1 aliphatic rings. The minimum absolute atomic E-state index is 0.122. The zero-order valence-electron chi connectivity index (χ0n) is 7.93. The number of benzene rings is 2. The highest BCUT2D eigenvalue weighted by Crippen LogP contribution is 2.39. The van der Waals surface area contributed by atoms with Crippen molar-refractivity contribution in [2.75, 3.05) is 0 Å². The van der Waals surface area contributed by atoms with Crippen molar-refractivity contribution in [1.82, 2.24) is 0 Å². The van der Waals surface area contributed by atoms with Gasteiger partial charge in [0.15, 0.2) is 0 Å². The molecule has 1 aliphatic carbocycles. The molecule has 0 amide bonds. The van der Waals surface area contributed by atoms with Gasteiger partial charge >= 0.3 is 0 Å². The van der Waals surface area contributed by atoms with Gasteiger partial charge in [-0.25, -0.2) is 4.39 Å². The van der Waals surface area contributed by atoms with Crippen LogP contribution >= 0.6 is 15.9 Å². The van der Waals surface area contributed by atoms with Crippen molar-refractivity contribution in [3.63, 3.8) is 0 Å². The van der Waals surface area contributed by atoms with Gasteiger partial charge in [0.2, 0.25) is 0 Å². The summed E-state index contributed by atoms with van der Waals surface area (Å²) in [6.45, 7) is 0. The van der Waals surface area contributed by atoms with Gasteiger partial charge in [-0.15, -0.1) is 0 Å². The van der Waals surface area contributed by atoms with Gasteiger partial charge in [0.1, 0.15) is 5.82 Å². The van der Waals surface area contributed by atoms with Crippen LogP contribution in [0.3, 0.4) is 0 Å². The maximum Gasteiger partial charge on any atom is 0.141 e. The molecule has 0 nitrogen and oxygen atoms in total. The summed E-state index contributed by atoms with van der Waals surface area (Å²) >= 11 is 3.22. The summed E-state index contributed by atoms with van der Waals surface area (Å²) in [5, 5.41) is 0. The van der Waals surface area contributed by atoms with E-state index >= 15 is 0 Å². The van der Waals surface area contributed by atoms with Crippen molar-refractivity contribution in [1.29, 1.82) is 0 Å². The minimum Gasteiger partial charge on any atom is -0.205 e. The topological polar surface area (TPSA) is 0 Å². The van der Waals surface area contributed by atoms with Crippen LogP contribution in [0, 0.1) is 5.82 Å². The van der Waals surface area contributed by atoms with E-state index in [0.29, 0.717) is 10.9 Å². The van der Waals surface area contributed by atoms with Gasteiger partial charge in [-0.3, -0.25) is 0 Å². The highest BCUT2D eigenvalue weighted by atomic mass is 79.9. The maximum atomic E-state index is 13.8. The third-order valence-electron chi connectivity index (χ3n) is 2.87. The molecule has 0 saturated heterocycles. The minimum atomic E-state index is -0.122. The number of rotatable bonds is 0. The average molecular weight is 263 g/mol. The summed E-state index contributed by atoms with van der Waals surface area (Å²) in [6.07, 6.45) is 0.705. The Morgan fingerprint density at radius 3 is 2.67 bits per heavy atom. The van der Waals surface area contributed by atoms with Gasteiger partial charge in [0.05, 0.1) is 4.47 Å². The van der Waals surface area contributed by atoms with E-state index in [1.807, 2.05) is 18.2 Å².